The highest BCUT2D eigenvalue weighted by Crippen LogP contribution is 2.09. The molecule has 0 unspecified atom stereocenters. The molecule has 1 heterocycles. The molecular formula is C13H21N3OS. The zero-order valence-electron chi connectivity index (χ0n) is 10.8. The Morgan fingerprint density at radius 1 is 1.39 bits per heavy atom. The van der Waals surface area contributed by atoms with E-state index in [1.54, 1.807) is 12.3 Å². The normalized spacial score (nSPS) is 10.3. The molecule has 0 aromatic carbocycles. The number of primary amides is 1. The van der Waals surface area contributed by atoms with Gasteiger partial charge in [0.2, 0.25) is 0 Å². The molecule has 5 heteroatoms. The van der Waals surface area contributed by atoms with Crippen LogP contribution in [0.3, 0.4) is 0 Å². The number of pyridine rings is 1. The van der Waals surface area contributed by atoms with E-state index >= 15 is 0 Å². The second-order valence-electron chi connectivity index (χ2n) is 4.13. The molecule has 0 aliphatic heterocycles. The molecule has 18 heavy (non-hydrogen) atoms. The van der Waals surface area contributed by atoms with Crippen LogP contribution in [0, 0.1) is 0 Å². The summed E-state index contributed by atoms with van der Waals surface area (Å²) in [6.07, 6.45) is 8.69. The van der Waals surface area contributed by atoms with Crippen LogP contribution in [0.4, 0.5) is 5.69 Å². The van der Waals surface area contributed by atoms with Gasteiger partial charge in [0.05, 0.1) is 0 Å². The summed E-state index contributed by atoms with van der Waals surface area (Å²) in [5.74, 6) is 0.760. The molecule has 0 fully saturated rings. The van der Waals surface area contributed by atoms with E-state index in [4.69, 9.17) is 5.73 Å². The summed E-state index contributed by atoms with van der Waals surface area (Å²) in [6, 6.07) is 3.54. The number of thioether (sulfide) groups is 1. The summed E-state index contributed by atoms with van der Waals surface area (Å²) in [5.41, 5.74) is 6.39. The van der Waals surface area contributed by atoms with Gasteiger partial charge in [-0.1, -0.05) is 12.8 Å². The first-order valence-electron chi connectivity index (χ1n) is 6.22. The van der Waals surface area contributed by atoms with Gasteiger partial charge in [-0.2, -0.15) is 11.8 Å². The Kier molecular flexibility index (Phi) is 7.25. The predicted molar refractivity (Wildman–Crippen MR) is 78.1 cm³/mol. The Balaban J connectivity index is 2.19. The summed E-state index contributed by atoms with van der Waals surface area (Å²) < 4.78 is 0. The number of nitrogens with two attached hydrogens (primary N) is 1. The van der Waals surface area contributed by atoms with Crippen molar-refractivity contribution in [1.82, 2.24) is 4.98 Å². The predicted octanol–water partition coefficient (Wildman–Crippen LogP) is 2.52. The highest BCUT2D eigenvalue weighted by atomic mass is 32.2. The van der Waals surface area contributed by atoms with E-state index in [2.05, 4.69) is 16.6 Å². The molecule has 0 bridgehead atoms. The first kappa shape index (κ1) is 14.8. The highest BCUT2D eigenvalue weighted by molar-refractivity contribution is 7.98. The minimum atomic E-state index is -0.490. The molecule has 100 valence electrons. The van der Waals surface area contributed by atoms with Gasteiger partial charge >= 0.3 is 0 Å². The van der Waals surface area contributed by atoms with Crippen LogP contribution in [-0.2, 0) is 0 Å². The average molecular weight is 267 g/mol. The number of nitrogens with one attached hydrogen (secondary N) is 1. The van der Waals surface area contributed by atoms with Crippen LogP contribution in [0.1, 0.15) is 36.2 Å². The number of hydrogen-bond acceptors (Lipinski definition) is 4. The summed E-state index contributed by atoms with van der Waals surface area (Å²) in [4.78, 5) is 14.9. The zero-order chi connectivity index (χ0) is 13.2. The molecule has 4 nitrogen and oxygen atoms in total. The zero-order valence-corrected chi connectivity index (χ0v) is 11.6. The van der Waals surface area contributed by atoms with E-state index in [0.717, 1.165) is 18.7 Å². The van der Waals surface area contributed by atoms with Gasteiger partial charge in [0.15, 0.2) is 0 Å². The van der Waals surface area contributed by atoms with Gasteiger partial charge in [-0.05, 0) is 37.0 Å². The van der Waals surface area contributed by atoms with Crippen molar-refractivity contribution in [2.24, 2.45) is 5.73 Å². The van der Waals surface area contributed by atoms with E-state index < -0.39 is 5.91 Å². The maximum absolute atomic E-state index is 11.0. The molecule has 1 aromatic heterocycles. The fourth-order valence-corrected chi connectivity index (χ4v) is 2.13. The van der Waals surface area contributed by atoms with Crippen LogP contribution in [0.15, 0.2) is 18.3 Å². The Morgan fingerprint density at radius 3 is 2.89 bits per heavy atom. The largest absolute Gasteiger partial charge is 0.385 e. The number of amides is 1. The van der Waals surface area contributed by atoms with Crippen molar-refractivity contribution >= 4 is 23.4 Å². The molecule has 0 aliphatic rings. The molecule has 1 aromatic rings. The Hall–Kier alpha value is -1.23. The van der Waals surface area contributed by atoms with E-state index in [1.807, 2.05) is 17.8 Å². The van der Waals surface area contributed by atoms with Crippen molar-refractivity contribution in [3.05, 3.63) is 24.0 Å². The molecule has 0 spiro atoms. The van der Waals surface area contributed by atoms with E-state index in [1.165, 1.54) is 25.0 Å². The molecule has 1 amide bonds. The van der Waals surface area contributed by atoms with Crippen molar-refractivity contribution < 1.29 is 4.79 Å². The Morgan fingerprint density at radius 2 is 2.17 bits per heavy atom. The number of anilines is 1. The van der Waals surface area contributed by atoms with Crippen LogP contribution in [-0.4, -0.2) is 29.4 Å². The maximum atomic E-state index is 11.0. The van der Waals surface area contributed by atoms with Gasteiger partial charge in [-0.25, -0.2) is 0 Å². The number of nitrogens with zero attached hydrogens (tertiary/aromatic N) is 1. The number of unbranched alkanes of at least 4 members (excludes halogenated alkanes) is 3. The molecule has 3 N–H and O–H groups in total. The van der Waals surface area contributed by atoms with Crippen molar-refractivity contribution in [3.8, 4) is 0 Å². The third-order valence-corrected chi connectivity index (χ3v) is 3.31. The minimum Gasteiger partial charge on any atom is -0.385 e. The van der Waals surface area contributed by atoms with E-state index in [0.29, 0.717) is 5.69 Å². The summed E-state index contributed by atoms with van der Waals surface area (Å²) in [5, 5.41) is 3.28. The van der Waals surface area contributed by atoms with Crippen molar-refractivity contribution in [2.45, 2.75) is 25.7 Å². The van der Waals surface area contributed by atoms with Gasteiger partial charge < -0.3 is 11.1 Å². The topological polar surface area (TPSA) is 68.0 Å². The molecule has 0 radical (unpaired) electrons. The van der Waals surface area contributed by atoms with Crippen LogP contribution >= 0.6 is 11.8 Å². The minimum absolute atomic E-state index is 0.306. The third-order valence-electron chi connectivity index (χ3n) is 2.62. The average Bonchev–Trinajstić information content (AvgIpc) is 2.38. The van der Waals surface area contributed by atoms with Gasteiger partial charge in [-0.15, -0.1) is 0 Å². The van der Waals surface area contributed by atoms with Crippen molar-refractivity contribution in [2.75, 3.05) is 23.9 Å². The Labute approximate surface area is 113 Å². The third kappa shape index (κ3) is 5.91. The second kappa shape index (κ2) is 8.80. The van der Waals surface area contributed by atoms with E-state index in [-0.39, 0.29) is 0 Å². The van der Waals surface area contributed by atoms with Gasteiger partial charge in [0.25, 0.3) is 5.91 Å². The van der Waals surface area contributed by atoms with Gasteiger partial charge in [-0.3, -0.25) is 9.78 Å². The number of carbonyl (C=O) groups excluding carboxylic acids is 1. The van der Waals surface area contributed by atoms with Crippen LogP contribution in [0.2, 0.25) is 0 Å². The van der Waals surface area contributed by atoms with Crippen molar-refractivity contribution in [3.63, 3.8) is 0 Å². The molecule has 0 saturated heterocycles. The van der Waals surface area contributed by atoms with Gasteiger partial charge in [0.1, 0.15) is 5.69 Å². The van der Waals surface area contributed by atoms with Crippen molar-refractivity contribution in [1.29, 1.82) is 0 Å². The quantitative estimate of drug-likeness (QED) is 0.675. The smallest absolute Gasteiger partial charge is 0.267 e. The molecule has 0 atom stereocenters. The first-order valence-corrected chi connectivity index (χ1v) is 7.62. The summed E-state index contributed by atoms with van der Waals surface area (Å²) in [6.45, 7) is 0.918. The highest BCUT2D eigenvalue weighted by Gasteiger charge is 2.02. The van der Waals surface area contributed by atoms with E-state index in [9.17, 15) is 4.79 Å². The number of rotatable bonds is 9. The van der Waals surface area contributed by atoms with Gasteiger partial charge in [0, 0.05) is 18.4 Å². The lowest BCUT2D eigenvalue weighted by molar-refractivity contribution is 0.0995. The molecule has 0 saturated carbocycles. The van der Waals surface area contributed by atoms with Crippen LogP contribution in [0.5, 0.6) is 0 Å². The SMILES string of the molecule is CSCCCCCCNc1ccnc(C(N)=O)c1. The monoisotopic (exact) mass is 267 g/mol. The first-order chi connectivity index (χ1) is 8.74. The fraction of sp³-hybridized carbons (Fsp3) is 0.538. The lowest BCUT2D eigenvalue weighted by Gasteiger charge is -2.06. The lowest BCUT2D eigenvalue weighted by Crippen LogP contribution is -2.13. The number of carbonyl (C=O) groups is 1. The number of hydrogen-bond donors (Lipinski definition) is 2. The Bertz CT molecular complexity index is 371. The van der Waals surface area contributed by atoms with Crippen LogP contribution in [0.25, 0.3) is 0 Å². The molecule has 1 rings (SSSR count). The fourth-order valence-electron chi connectivity index (χ4n) is 1.63. The standard InChI is InChI=1S/C13H21N3OS/c1-18-9-5-3-2-4-7-15-11-6-8-16-12(10-11)13(14)17/h6,8,10H,2-5,7,9H2,1H3,(H2,14,17)(H,15,16). The lowest BCUT2D eigenvalue weighted by atomic mass is 10.2. The summed E-state index contributed by atoms with van der Waals surface area (Å²) >= 11 is 1.90. The van der Waals surface area contributed by atoms with Crippen LogP contribution < -0.4 is 11.1 Å². The molecule has 0 aliphatic carbocycles. The second-order valence-corrected chi connectivity index (χ2v) is 5.11. The number of aromatic nitrogens is 1. The maximum Gasteiger partial charge on any atom is 0.267 e. The summed E-state index contributed by atoms with van der Waals surface area (Å²) in [7, 11) is 0. The molecular weight excluding hydrogens is 246 g/mol.